The van der Waals surface area contributed by atoms with Crippen LogP contribution in [0.1, 0.15) is 21.6 Å². The Morgan fingerprint density at radius 1 is 1.21 bits per heavy atom. The Bertz CT molecular complexity index is 606. The van der Waals surface area contributed by atoms with Gasteiger partial charge in [-0.2, -0.15) is 0 Å². The smallest absolute Gasteiger partial charge is 0.337 e. The van der Waals surface area contributed by atoms with Crippen LogP contribution in [0.25, 0.3) is 12.2 Å². The normalized spacial score (nSPS) is 10.6. The molecule has 0 aliphatic carbocycles. The molecule has 4 heteroatoms. The number of ether oxygens (including phenoxy) is 1. The highest BCUT2D eigenvalue weighted by atomic mass is 19.1. The van der Waals surface area contributed by atoms with Crippen LogP contribution in [-0.2, 0) is 4.74 Å². The number of nitrogens with zero attached hydrogens (tertiary/aromatic N) is 1. The number of carbonyl (C=O) groups excluding carboxylic acids is 1. The SMILES string of the molecule is COC(=O)c1ccnc(/C=C/c2ccc(F)cc2)c1. The molecule has 3 nitrogen and oxygen atoms in total. The molecule has 0 N–H and O–H groups in total. The van der Waals surface area contributed by atoms with Crippen LogP contribution >= 0.6 is 0 Å². The zero-order chi connectivity index (χ0) is 13.7. The number of carbonyl (C=O) groups is 1. The summed E-state index contributed by atoms with van der Waals surface area (Å²) < 4.78 is 17.4. The molecule has 0 spiro atoms. The first-order valence-corrected chi connectivity index (χ1v) is 5.67. The first-order chi connectivity index (χ1) is 9.19. The van der Waals surface area contributed by atoms with Crippen LogP contribution in [0.4, 0.5) is 4.39 Å². The minimum absolute atomic E-state index is 0.275. The predicted molar refractivity (Wildman–Crippen MR) is 70.9 cm³/mol. The van der Waals surface area contributed by atoms with Crippen molar-refractivity contribution in [3.05, 3.63) is 65.2 Å². The molecule has 0 saturated carbocycles. The standard InChI is InChI=1S/C15H12FNO2/c1-19-15(18)12-8-9-17-14(10-12)7-4-11-2-5-13(16)6-3-11/h2-10H,1H3/b7-4+. The molecule has 0 aliphatic heterocycles. The molecule has 0 fully saturated rings. The molecule has 0 amide bonds. The Labute approximate surface area is 110 Å². The van der Waals surface area contributed by atoms with Crippen molar-refractivity contribution >= 4 is 18.1 Å². The molecule has 0 radical (unpaired) electrons. The third kappa shape index (κ3) is 3.48. The molecule has 2 rings (SSSR count). The van der Waals surface area contributed by atoms with Crippen molar-refractivity contribution in [3.8, 4) is 0 Å². The number of benzene rings is 1. The van der Waals surface area contributed by atoms with Crippen LogP contribution in [0.5, 0.6) is 0 Å². The maximum atomic E-state index is 12.7. The van der Waals surface area contributed by atoms with Crippen molar-refractivity contribution in [2.24, 2.45) is 0 Å². The lowest BCUT2D eigenvalue weighted by Crippen LogP contribution is -2.01. The Morgan fingerprint density at radius 3 is 2.63 bits per heavy atom. The van der Waals surface area contributed by atoms with Crippen LogP contribution in [0.3, 0.4) is 0 Å². The molecule has 0 aliphatic rings. The van der Waals surface area contributed by atoms with Crippen LogP contribution in [0.2, 0.25) is 0 Å². The van der Waals surface area contributed by atoms with E-state index in [0.29, 0.717) is 11.3 Å². The Kier molecular flexibility index (Phi) is 4.03. The first kappa shape index (κ1) is 13.0. The number of pyridine rings is 1. The number of esters is 1. The molecule has 96 valence electrons. The summed E-state index contributed by atoms with van der Waals surface area (Å²) in [7, 11) is 1.33. The van der Waals surface area contributed by atoms with Crippen molar-refractivity contribution < 1.29 is 13.9 Å². The molecule has 1 heterocycles. The summed E-state index contributed by atoms with van der Waals surface area (Å²) in [6.45, 7) is 0. The second kappa shape index (κ2) is 5.91. The minimum atomic E-state index is -0.404. The molecular formula is C15H12FNO2. The van der Waals surface area contributed by atoms with Gasteiger partial charge in [-0.25, -0.2) is 9.18 Å². The first-order valence-electron chi connectivity index (χ1n) is 5.67. The van der Waals surface area contributed by atoms with E-state index in [1.807, 2.05) is 0 Å². The van der Waals surface area contributed by atoms with Crippen molar-refractivity contribution in [2.45, 2.75) is 0 Å². The Balaban J connectivity index is 2.19. The van der Waals surface area contributed by atoms with E-state index in [0.717, 1.165) is 5.56 Å². The van der Waals surface area contributed by atoms with Crippen LogP contribution in [-0.4, -0.2) is 18.1 Å². The van der Waals surface area contributed by atoms with E-state index in [4.69, 9.17) is 0 Å². The summed E-state index contributed by atoms with van der Waals surface area (Å²) in [5.41, 5.74) is 1.93. The van der Waals surface area contributed by atoms with Gasteiger partial charge in [-0.05, 0) is 35.9 Å². The second-order valence-electron chi connectivity index (χ2n) is 3.85. The molecule has 0 bridgehead atoms. The molecule has 0 saturated heterocycles. The topological polar surface area (TPSA) is 39.2 Å². The third-order valence-electron chi connectivity index (χ3n) is 2.52. The maximum Gasteiger partial charge on any atom is 0.337 e. The lowest BCUT2D eigenvalue weighted by molar-refractivity contribution is 0.0600. The zero-order valence-corrected chi connectivity index (χ0v) is 10.3. The lowest BCUT2D eigenvalue weighted by atomic mass is 10.1. The van der Waals surface area contributed by atoms with E-state index in [9.17, 15) is 9.18 Å². The van der Waals surface area contributed by atoms with Crippen LogP contribution < -0.4 is 0 Å². The fourth-order valence-corrected chi connectivity index (χ4v) is 1.54. The Morgan fingerprint density at radius 2 is 1.95 bits per heavy atom. The third-order valence-corrected chi connectivity index (χ3v) is 2.52. The summed E-state index contributed by atoms with van der Waals surface area (Å²) in [5.74, 6) is -0.679. The quantitative estimate of drug-likeness (QED) is 0.793. The van der Waals surface area contributed by atoms with Gasteiger partial charge < -0.3 is 4.74 Å². The average Bonchev–Trinajstić information content (AvgIpc) is 2.46. The predicted octanol–water partition coefficient (Wildman–Crippen LogP) is 3.18. The fraction of sp³-hybridized carbons (Fsp3) is 0.0667. The van der Waals surface area contributed by atoms with Crippen LogP contribution in [0, 0.1) is 5.82 Å². The van der Waals surface area contributed by atoms with Gasteiger partial charge in [-0.1, -0.05) is 18.2 Å². The van der Waals surface area contributed by atoms with E-state index < -0.39 is 5.97 Å². The molecule has 0 atom stereocenters. The fourth-order valence-electron chi connectivity index (χ4n) is 1.54. The van der Waals surface area contributed by atoms with Crippen molar-refractivity contribution in [1.29, 1.82) is 0 Å². The van der Waals surface area contributed by atoms with Gasteiger partial charge in [0.15, 0.2) is 0 Å². The number of hydrogen-bond acceptors (Lipinski definition) is 3. The summed E-state index contributed by atoms with van der Waals surface area (Å²) in [4.78, 5) is 15.5. The maximum absolute atomic E-state index is 12.7. The van der Waals surface area contributed by atoms with Crippen molar-refractivity contribution in [1.82, 2.24) is 4.98 Å². The molecule has 1 aromatic heterocycles. The van der Waals surface area contributed by atoms with E-state index in [2.05, 4.69) is 9.72 Å². The number of rotatable bonds is 3. The molecule has 0 unspecified atom stereocenters. The van der Waals surface area contributed by atoms with Gasteiger partial charge in [0, 0.05) is 6.20 Å². The van der Waals surface area contributed by atoms with Crippen LogP contribution in [0.15, 0.2) is 42.6 Å². The summed E-state index contributed by atoms with van der Waals surface area (Å²) in [5, 5.41) is 0. The van der Waals surface area contributed by atoms with Gasteiger partial charge >= 0.3 is 5.97 Å². The van der Waals surface area contributed by atoms with Gasteiger partial charge in [0.2, 0.25) is 0 Å². The summed E-state index contributed by atoms with van der Waals surface area (Å²) >= 11 is 0. The van der Waals surface area contributed by atoms with Crippen molar-refractivity contribution in [2.75, 3.05) is 7.11 Å². The van der Waals surface area contributed by atoms with Gasteiger partial charge in [0.05, 0.1) is 18.4 Å². The molecule has 1 aromatic carbocycles. The number of aromatic nitrogens is 1. The largest absolute Gasteiger partial charge is 0.465 e. The summed E-state index contributed by atoms with van der Waals surface area (Å²) in [6, 6.07) is 9.31. The van der Waals surface area contributed by atoms with Crippen molar-refractivity contribution in [3.63, 3.8) is 0 Å². The molecule has 19 heavy (non-hydrogen) atoms. The van der Waals surface area contributed by atoms with E-state index in [1.165, 1.54) is 25.4 Å². The molecule has 2 aromatic rings. The minimum Gasteiger partial charge on any atom is -0.465 e. The number of halogens is 1. The van der Waals surface area contributed by atoms with Gasteiger partial charge in [0.25, 0.3) is 0 Å². The summed E-state index contributed by atoms with van der Waals surface area (Å²) in [6.07, 6.45) is 5.08. The van der Waals surface area contributed by atoms with E-state index >= 15 is 0 Å². The highest BCUT2D eigenvalue weighted by Gasteiger charge is 2.04. The van der Waals surface area contributed by atoms with Gasteiger partial charge in [-0.15, -0.1) is 0 Å². The van der Waals surface area contributed by atoms with Gasteiger partial charge in [-0.3, -0.25) is 4.98 Å². The Hall–Kier alpha value is -2.49. The monoisotopic (exact) mass is 257 g/mol. The molecular weight excluding hydrogens is 245 g/mol. The highest BCUT2D eigenvalue weighted by Crippen LogP contribution is 2.09. The highest BCUT2D eigenvalue weighted by molar-refractivity contribution is 5.89. The zero-order valence-electron chi connectivity index (χ0n) is 10.3. The van der Waals surface area contributed by atoms with Gasteiger partial charge in [0.1, 0.15) is 5.82 Å². The lowest BCUT2D eigenvalue weighted by Gasteiger charge is -1.99. The number of methoxy groups -OCH3 is 1. The average molecular weight is 257 g/mol. The van der Waals surface area contributed by atoms with E-state index in [-0.39, 0.29) is 5.82 Å². The van der Waals surface area contributed by atoms with E-state index in [1.54, 1.807) is 36.4 Å². The number of hydrogen-bond donors (Lipinski definition) is 0. The second-order valence-corrected chi connectivity index (χ2v) is 3.85.